The molecule has 0 saturated heterocycles. The van der Waals surface area contributed by atoms with Crippen LogP contribution in [-0.2, 0) is 4.74 Å². The van der Waals surface area contributed by atoms with Crippen LogP contribution in [0.5, 0.6) is 0 Å². The Morgan fingerprint density at radius 1 is 1.44 bits per heavy atom. The first-order chi connectivity index (χ1) is 12.1. The Kier molecular flexibility index (Phi) is 4.86. The number of carbonyl (C=O) groups excluding carboxylic acids is 1. The second-order valence-corrected chi connectivity index (χ2v) is 6.83. The SMILES string of the molecule is CCOC(=O)c1cnc(-c2ccc3c(c2)c(C#N)cn3C(C)CC)s1. The lowest BCUT2D eigenvalue weighted by molar-refractivity contribution is 0.0532. The molecule has 0 N–H and O–H groups in total. The zero-order valence-electron chi connectivity index (χ0n) is 14.4. The molecule has 0 aliphatic heterocycles. The number of carbonyl (C=O) groups is 1. The standard InChI is InChI=1S/C19H19N3O2S/c1-4-12(3)22-11-14(9-20)15-8-13(6-7-16(15)22)18-21-10-17(25-18)19(23)24-5-2/h6-8,10-12H,4-5H2,1-3H3. The summed E-state index contributed by atoms with van der Waals surface area (Å²) < 4.78 is 7.15. The molecule has 0 amide bonds. The summed E-state index contributed by atoms with van der Waals surface area (Å²) in [6.07, 6.45) is 4.44. The van der Waals surface area contributed by atoms with Crippen LogP contribution < -0.4 is 0 Å². The van der Waals surface area contributed by atoms with E-state index in [1.54, 1.807) is 6.92 Å². The fourth-order valence-corrected chi connectivity index (χ4v) is 3.55. The lowest BCUT2D eigenvalue weighted by Crippen LogP contribution is -2.01. The summed E-state index contributed by atoms with van der Waals surface area (Å²) >= 11 is 1.30. The Balaban J connectivity index is 2.05. The van der Waals surface area contributed by atoms with Gasteiger partial charge in [0.2, 0.25) is 0 Å². The minimum absolute atomic E-state index is 0.325. The number of fused-ring (bicyclic) bond motifs is 1. The first-order valence-electron chi connectivity index (χ1n) is 8.27. The van der Waals surface area contributed by atoms with Crippen LogP contribution in [0.15, 0.2) is 30.6 Å². The lowest BCUT2D eigenvalue weighted by Gasteiger charge is -2.12. The number of nitrogens with zero attached hydrogens (tertiary/aromatic N) is 3. The number of nitriles is 1. The van der Waals surface area contributed by atoms with E-state index in [2.05, 4.69) is 29.5 Å². The minimum atomic E-state index is -0.354. The number of rotatable bonds is 5. The predicted molar refractivity (Wildman–Crippen MR) is 98.7 cm³/mol. The van der Waals surface area contributed by atoms with Crippen molar-refractivity contribution in [2.45, 2.75) is 33.2 Å². The highest BCUT2D eigenvalue weighted by atomic mass is 32.1. The van der Waals surface area contributed by atoms with Gasteiger partial charge < -0.3 is 9.30 Å². The quantitative estimate of drug-likeness (QED) is 0.619. The molecule has 3 rings (SSSR count). The summed E-state index contributed by atoms with van der Waals surface area (Å²) in [6, 6.07) is 8.57. The first kappa shape index (κ1) is 17.2. The Bertz CT molecular complexity index is 965. The van der Waals surface area contributed by atoms with Gasteiger partial charge in [0.05, 0.1) is 18.4 Å². The minimum Gasteiger partial charge on any atom is -0.462 e. The molecule has 3 aromatic rings. The summed E-state index contributed by atoms with van der Waals surface area (Å²) in [5, 5.41) is 11.1. The van der Waals surface area contributed by atoms with Crippen LogP contribution in [0.1, 0.15) is 48.5 Å². The Hall–Kier alpha value is -2.65. The van der Waals surface area contributed by atoms with Gasteiger partial charge in [-0.1, -0.05) is 6.92 Å². The highest BCUT2D eigenvalue weighted by molar-refractivity contribution is 7.16. The maximum atomic E-state index is 11.8. The Morgan fingerprint density at radius 3 is 2.92 bits per heavy atom. The zero-order valence-corrected chi connectivity index (χ0v) is 15.3. The van der Waals surface area contributed by atoms with Crippen LogP contribution >= 0.6 is 11.3 Å². The topological polar surface area (TPSA) is 67.9 Å². The molecular weight excluding hydrogens is 334 g/mol. The van der Waals surface area contributed by atoms with Crippen molar-refractivity contribution < 1.29 is 9.53 Å². The Morgan fingerprint density at radius 2 is 2.24 bits per heavy atom. The van der Waals surface area contributed by atoms with Crippen LogP contribution in [0.4, 0.5) is 0 Å². The number of ether oxygens (including phenoxy) is 1. The van der Waals surface area contributed by atoms with Crippen molar-refractivity contribution in [2.24, 2.45) is 0 Å². The van der Waals surface area contributed by atoms with E-state index in [0.29, 0.717) is 23.1 Å². The fraction of sp³-hybridized carbons (Fsp3) is 0.316. The first-order valence-corrected chi connectivity index (χ1v) is 9.08. The van der Waals surface area contributed by atoms with Gasteiger partial charge in [-0.3, -0.25) is 0 Å². The molecule has 0 fully saturated rings. The van der Waals surface area contributed by atoms with E-state index in [1.807, 2.05) is 24.4 Å². The molecule has 6 heteroatoms. The molecular formula is C19H19N3O2S. The summed E-state index contributed by atoms with van der Waals surface area (Å²) in [5.74, 6) is -0.354. The molecule has 2 aromatic heterocycles. The molecule has 0 spiro atoms. The van der Waals surface area contributed by atoms with Crippen LogP contribution in [-0.4, -0.2) is 22.1 Å². The molecule has 128 valence electrons. The highest BCUT2D eigenvalue weighted by Gasteiger charge is 2.16. The van der Waals surface area contributed by atoms with Crippen molar-refractivity contribution >= 4 is 28.2 Å². The molecule has 25 heavy (non-hydrogen) atoms. The summed E-state index contributed by atoms with van der Waals surface area (Å²) in [7, 11) is 0. The van der Waals surface area contributed by atoms with Gasteiger partial charge in [-0.2, -0.15) is 5.26 Å². The third kappa shape index (κ3) is 3.15. The predicted octanol–water partition coefficient (Wildman–Crippen LogP) is 4.78. The van der Waals surface area contributed by atoms with Crippen LogP contribution in [0.25, 0.3) is 21.5 Å². The molecule has 5 nitrogen and oxygen atoms in total. The lowest BCUT2D eigenvalue weighted by atomic mass is 10.1. The van der Waals surface area contributed by atoms with Gasteiger partial charge in [-0.15, -0.1) is 11.3 Å². The van der Waals surface area contributed by atoms with Gasteiger partial charge in [-0.25, -0.2) is 9.78 Å². The van der Waals surface area contributed by atoms with Crippen molar-refractivity contribution in [3.05, 3.63) is 41.0 Å². The summed E-state index contributed by atoms with van der Waals surface area (Å²) in [5.41, 5.74) is 2.59. The molecule has 0 saturated carbocycles. The van der Waals surface area contributed by atoms with Crippen molar-refractivity contribution in [1.82, 2.24) is 9.55 Å². The van der Waals surface area contributed by atoms with E-state index >= 15 is 0 Å². The molecule has 1 aromatic carbocycles. The molecule has 1 unspecified atom stereocenters. The molecule has 0 bridgehead atoms. The maximum Gasteiger partial charge on any atom is 0.349 e. The summed E-state index contributed by atoms with van der Waals surface area (Å²) in [6.45, 7) is 6.39. The van der Waals surface area contributed by atoms with Gasteiger partial charge in [0.25, 0.3) is 0 Å². The third-order valence-electron chi connectivity index (χ3n) is 4.25. The van der Waals surface area contributed by atoms with E-state index in [1.165, 1.54) is 17.5 Å². The third-order valence-corrected chi connectivity index (χ3v) is 5.27. The van der Waals surface area contributed by atoms with Crippen molar-refractivity contribution in [3.63, 3.8) is 0 Å². The van der Waals surface area contributed by atoms with Crippen molar-refractivity contribution in [1.29, 1.82) is 5.26 Å². The van der Waals surface area contributed by atoms with Crippen LogP contribution in [0, 0.1) is 11.3 Å². The highest BCUT2D eigenvalue weighted by Crippen LogP contribution is 2.32. The van der Waals surface area contributed by atoms with Gasteiger partial charge in [0.1, 0.15) is 16.0 Å². The zero-order chi connectivity index (χ0) is 18.0. The number of hydrogen-bond donors (Lipinski definition) is 0. The number of aromatic nitrogens is 2. The second kappa shape index (κ2) is 7.08. The normalized spacial score (nSPS) is 12.1. The summed E-state index contributed by atoms with van der Waals surface area (Å²) in [4.78, 5) is 16.6. The smallest absolute Gasteiger partial charge is 0.349 e. The number of esters is 1. The van der Waals surface area contributed by atoms with Crippen molar-refractivity contribution in [2.75, 3.05) is 6.61 Å². The monoisotopic (exact) mass is 353 g/mol. The fourth-order valence-electron chi connectivity index (χ4n) is 2.74. The second-order valence-electron chi connectivity index (χ2n) is 5.80. The number of hydrogen-bond acceptors (Lipinski definition) is 5. The Labute approximate surface area is 150 Å². The average Bonchev–Trinajstić information content (AvgIpc) is 3.25. The maximum absolute atomic E-state index is 11.8. The van der Waals surface area contributed by atoms with Gasteiger partial charge in [0.15, 0.2) is 0 Å². The van der Waals surface area contributed by atoms with E-state index in [9.17, 15) is 10.1 Å². The van der Waals surface area contributed by atoms with E-state index in [-0.39, 0.29) is 5.97 Å². The van der Waals surface area contributed by atoms with E-state index < -0.39 is 0 Å². The molecule has 2 heterocycles. The van der Waals surface area contributed by atoms with Crippen molar-refractivity contribution in [3.8, 4) is 16.6 Å². The number of benzene rings is 1. The van der Waals surface area contributed by atoms with Crippen LogP contribution in [0.2, 0.25) is 0 Å². The van der Waals surface area contributed by atoms with Crippen LogP contribution in [0.3, 0.4) is 0 Å². The van der Waals surface area contributed by atoms with Gasteiger partial charge >= 0.3 is 5.97 Å². The average molecular weight is 353 g/mol. The molecule has 1 atom stereocenters. The van der Waals surface area contributed by atoms with Gasteiger partial charge in [-0.05, 0) is 38.5 Å². The molecule has 0 aliphatic carbocycles. The number of thiazole rings is 1. The van der Waals surface area contributed by atoms with Gasteiger partial charge in [0, 0.05) is 28.7 Å². The molecule has 0 aliphatic rings. The molecule has 0 radical (unpaired) electrons. The largest absolute Gasteiger partial charge is 0.462 e. The van der Waals surface area contributed by atoms with E-state index in [0.717, 1.165) is 27.9 Å². The van der Waals surface area contributed by atoms with E-state index in [4.69, 9.17) is 4.74 Å².